The predicted octanol–water partition coefficient (Wildman–Crippen LogP) is 3.85. The number of phenolic OH excluding ortho intramolecular Hbond substituents is 1. The fourth-order valence-electron chi connectivity index (χ4n) is 7.52. The Morgan fingerprint density at radius 2 is 1.92 bits per heavy atom. The molecule has 0 saturated carbocycles. The van der Waals surface area contributed by atoms with Gasteiger partial charge in [-0.25, -0.2) is 0 Å². The molecule has 0 unspecified atom stereocenters. The van der Waals surface area contributed by atoms with Crippen LogP contribution in [0.1, 0.15) is 65.7 Å². The van der Waals surface area contributed by atoms with Crippen LogP contribution < -0.4 is 18.9 Å². The minimum Gasteiger partial charge on any atom is -0.504 e. The number of nitriles is 1. The van der Waals surface area contributed by atoms with Crippen LogP contribution in [-0.2, 0) is 17.6 Å². The zero-order valence-corrected chi connectivity index (χ0v) is 22.6. The lowest BCUT2D eigenvalue weighted by atomic mass is 9.71. The average molecular weight is 520 g/mol. The molecule has 2 bridgehead atoms. The molecule has 2 aromatic carbocycles. The average Bonchev–Trinajstić information content (AvgIpc) is 3.36. The molecule has 1 fully saturated rings. The zero-order valence-electron chi connectivity index (χ0n) is 22.6. The minimum atomic E-state index is -0.402. The second-order valence-electron chi connectivity index (χ2n) is 10.8. The van der Waals surface area contributed by atoms with Crippen LogP contribution in [0, 0.1) is 25.2 Å². The van der Waals surface area contributed by atoms with E-state index >= 15 is 0 Å². The van der Waals surface area contributed by atoms with Gasteiger partial charge in [0.05, 0.1) is 19.2 Å². The number of hydrogen-bond donors (Lipinski definition) is 1. The molecule has 200 valence electrons. The van der Waals surface area contributed by atoms with Crippen molar-refractivity contribution in [1.29, 1.82) is 5.26 Å². The number of aryl methyl sites for hydroxylation is 1. The maximum Gasteiger partial charge on any atom is 0.308 e. The zero-order chi connectivity index (χ0) is 27.0. The number of likely N-dealkylation sites (N-methyl/N-ethyl adjacent to an activating group) is 1. The molecule has 1 N–H and O–H groups in total. The van der Waals surface area contributed by atoms with Crippen molar-refractivity contribution in [2.45, 2.75) is 77.2 Å². The van der Waals surface area contributed by atoms with E-state index in [9.17, 15) is 15.2 Å². The Morgan fingerprint density at radius 1 is 1.18 bits per heavy atom. The number of esters is 1. The summed E-state index contributed by atoms with van der Waals surface area (Å²) < 4.78 is 23.3. The standard InChI is InChI=1S/C29H33N3O6/c1-7-18-23-17(27(38-15(4)33)14(3)28-29(23)37-12-36-28)10-20-24-22-16(8-13(2)26(35-6)25(22)34)9-19(31(24)5)21(11-30)32(18)20/h8,18-21,24,34H,7,9-10,12H2,1-6H3/t18-,19-,20-,21-,24-/m0/s1. The van der Waals surface area contributed by atoms with Crippen LogP contribution in [0.2, 0.25) is 0 Å². The number of piperazine rings is 1. The molecule has 4 aliphatic rings. The molecular formula is C29H33N3O6. The molecule has 0 amide bonds. The molecule has 2 aromatic rings. The number of nitrogens with zero attached hydrogens (tertiary/aromatic N) is 3. The molecule has 9 heteroatoms. The minimum absolute atomic E-state index is 0.0554. The van der Waals surface area contributed by atoms with E-state index in [1.165, 1.54) is 6.92 Å². The van der Waals surface area contributed by atoms with Crippen LogP contribution >= 0.6 is 0 Å². The summed E-state index contributed by atoms with van der Waals surface area (Å²) in [7, 11) is 3.61. The SMILES string of the molecule is CC[C@H]1c2c(c(OC(C)=O)c(C)c3c2OCO3)C[C@H]2[C@H]3c4c(cc(C)c(OC)c4O)C[C@@H]([C@H](C#N)N12)N3C. The summed E-state index contributed by atoms with van der Waals surface area (Å²) in [5.41, 5.74) is 5.35. The summed E-state index contributed by atoms with van der Waals surface area (Å²) in [6.45, 7) is 7.42. The van der Waals surface area contributed by atoms with E-state index in [-0.39, 0.29) is 42.8 Å². The molecule has 0 radical (unpaired) electrons. The molecule has 4 heterocycles. The monoisotopic (exact) mass is 519 g/mol. The molecule has 0 spiro atoms. The molecular weight excluding hydrogens is 486 g/mol. The van der Waals surface area contributed by atoms with Gasteiger partial charge >= 0.3 is 5.97 Å². The third-order valence-electron chi connectivity index (χ3n) is 8.90. The number of fused-ring (bicyclic) bond motifs is 9. The van der Waals surface area contributed by atoms with Crippen molar-refractivity contribution in [2.24, 2.45) is 0 Å². The molecule has 0 aromatic heterocycles. The van der Waals surface area contributed by atoms with Gasteiger partial charge in [0.1, 0.15) is 11.8 Å². The van der Waals surface area contributed by atoms with Crippen molar-refractivity contribution in [3.8, 4) is 34.8 Å². The highest BCUT2D eigenvalue weighted by Gasteiger charge is 2.56. The Hall–Kier alpha value is -3.48. The number of carbonyl (C=O) groups is 1. The summed E-state index contributed by atoms with van der Waals surface area (Å²) in [6, 6.07) is 3.77. The molecule has 0 aliphatic carbocycles. The maximum absolute atomic E-state index is 12.2. The molecule has 6 rings (SSSR count). The van der Waals surface area contributed by atoms with Gasteiger partial charge in [-0.1, -0.05) is 13.0 Å². The van der Waals surface area contributed by atoms with Gasteiger partial charge in [0, 0.05) is 47.3 Å². The molecule has 1 saturated heterocycles. The van der Waals surface area contributed by atoms with Crippen molar-refractivity contribution in [2.75, 3.05) is 21.0 Å². The number of carbonyl (C=O) groups excluding carboxylic acids is 1. The van der Waals surface area contributed by atoms with E-state index in [2.05, 4.69) is 28.9 Å². The Labute approximate surface area is 222 Å². The lowest BCUT2D eigenvalue weighted by Gasteiger charge is -2.60. The second-order valence-corrected chi connectivity index (χ2v) is 10.8. The summed E-state index contributed by atoms with van der Waals surface area (Å²) in [5, 5.41) is 22.0. The normalized spacial score (nSPS) is 27.1. The Bertz CT molecular complexity index is 1400. The van der Waals surface area contributed by atoms with E-state index < -0.39 is 5.97 Å². The van der Waals surface area contributed by atoms with Crippen LogP contribution in [0.15, 0.2) is 6.07 Å². The smallest absolute Gasteiger partial charge is 0.308 e. The van der Waals surface area contributed by atoms with Gasteiger partial charge in [-0.3, -0.25) is 14.6 Å². The second kappa shape index (κ2) is 8.79. The Morgan fingerprint density at radius 3 is 2.58 bits per heavy atom. The van der Waals surface area contributed by atoms with Crippen LogP contribution in [-0.4, -0.2) is 60.0 Å². The van der Waals surface area contributed by atoms with Crippen LogP contribution in [0.3, 0.4) is 0 Å². The summed E-state index contributed by atoms with van der Waals surface area (Å²) in [4.78, 5) is 16.8. The van der Waals surface area contributed by atoms with Gasteiger partial charge in [0.25, 0.3) is 0 Å². The topological polar surface area (TPSA) is 104 Å². The van der Waals surface area contributed by atoms with E-state index in [4.69, 9.17) is 18.9 Å². The number of aromatic hydroxyl groups is 1. The highest BCUT2D eigenvalue weighted by molar-refractivity contribution is 5.74. The number of hydrogen-bond acceptors (Lipinski definition) is 9. The molecule has 4 aliphatic heterocycles. The van der Waals surface area contributed by atoms with Gasteiger partial charge in [0.2, 0.25) is 6.79 Å². The summed E-state index contributed by atoms with van der Waals surface area (Å²) >= 11 is 0. The van der Waals surface area contributed by atoms with E-state index in [1.54, 1.807) is 7.11 Å². The van der Waals surface area contributed by atoms with Gasteiger partial charge in [-0.2, -0.15) is 5.26 Å². The van der Waals surface area contributed by atoms with E-state index in [1.807, 2.05) is 20.9 Å². The number of benzene rings is 2. The van der Waals surface area contributed by atoms with Crippen LogP contribution in [0.4, 0.5) is 0 Å². The highest BCUT2D eigenvalue weighted by atomic mass is 16.7. The predicted molar refractivity (Wildman–Crippen MR) is 138 cm³/mol. The first kappa shape index (κ1) is 24.8. The quantitative estimate of drug-likeness (QED) is 0.478. The number of methoxy groups -OCH3 is 1. The van der Waals surface area contributed by atoms with Gasteiger partial charge in [-0.05, 0) is 51.3 Å². The van der Waals surface area contributed by atoms with Crippen molar-refractivity contribution >= 4 is 5.97 Å². The van der Waals surface area contributed by atoms with Crippen LogP contribution in [0.5, 0.6) is 28.7 Å². The number of ether oxygens (including phenoxy) is 4. The summed E-state index contributed by atoms with van der Waals surface area (Å²) in [5.74, 6) is 2.03. The van der Waals surface area contributed by atoms with Crippen molar-refractivity contribution in [1.82, 2.24) is 9.80 Å². The van der Waals surface area contributed by atoms with E-state index in [0.717, 1.165) is 39.8 Å². The first-order valence-electron chi connectivity index (χ1n) is 13.1. The summed E-state index contributed by atoms with van der Waals surface area (Å²) in [6.07, 6.45) is 1.88. The first-order chi connectivity index (χ1) is 18.2. The van der Waals surface area contributed by atoms with Gasteiger partial charge in [0.15, 0.2) is 23.0 Å². The van der Waals surface area contributed by atoms with Gasteiger partial charge < -0.3 is 24.1 Å². The van der Waals surface area contributed by atoms with Crippen molar-refractivity contribution in [3.63, 3.8) is 0 Å². The lowest BCUT2D eigenvalue weighted by molar-refractivity contribution is -0.132. The lowest BCUT2D eigenvalue weighted by Crippen LogP contribution is -2.68. The highest BCUT2D eigenvalue weighted by Crippen LogP contribution is 2.58. The molecule has 38 heavy (non-hydrogen) atoms. The largest absolute Gasteiger partial charge is 0.504 e. The Kier molecular flexibility index (Phi) is 5.74. The van der Waals surface area contributed by atoms with Crippen molar-refractivity contribution in [3.05, 3.63) is 39.4 Å². The third-order valence-corrected chi connectivity index (χ3v) is 8.90. The van der Waals surface area contributed by atoms with Crippen molar-refractivity contribution < 1.29 is 28.8 Å². The number of phenols is 1. The maximum atomic E-state index is 12.2. The fourth-order valence-corrected chi connectivity index (χ4v) is 7.52. The first-order valence-corrected chi connectivity index (χ1v) is 13.1. The molecule has 5 atom stereocenters. The van der Waals surface area contributed by atoms with E-state index in [0.29, 0.717) is 35.8 Å². The Balaban J connectivity index is 1.62. The van der Waals surface area contributed by atoms with Crippen LogP contribution in [0.25, 0.3) is 0 Å². The van der Waals surface area contributed by atoms with Gasteiger partial charge in [-0.15, -0.1) is 0 Å². The molecule has 9 nitrogen and oxygen atoms in total. The fraction of sp³-hybridized carbons (Fsp3) is 0.517. The third kappa shape index (κ3) is 3.20. The number of rotatable bonds is 3.